The van der Waals surface area contributed by atoms with Gasteiger partial charge in [-0.3, -0.25) is 4.79 Å². The van der Waals surface area contributed by atoms with Crippen molar-refractivity contribution in [2.24, 2.45) is 5.92 Å². The Balaban J connectivity index is 0.000000741. The number of carbonyl (C=O) groups is 1. The molecule has 1 amide bonds. The summed E-state index contributed by atoms with van der Waals surface area (Å²) < 4.78 is 10.5. The number of rotatable bonds is 2. The Labute approximate surface area is 118 Å². The number of nitrogens with zero attached hydrogens (tertiary/aromatic N) is 1. The van der Waals surface area contributed by atoms with Crippen LogP contribution in [0.1, 0.15) is 47.5 Å². The van der Waals surface area contributed by atoms with Gasteiger partial charge in [0.05, 0.1) is 24.7 Å². The van der Waals surface area contributed by atoms with E-state index in [0.717, 1.165) is 25.9 Å². The molecule has 2 heterocycles. The van der Waals surface area contributed by atoms with Gasteiger partial charge in [-0.1, -0.05) is 27.7 Å². The molecule has 0 radical (unpaired) electrons. The van der Waals surface area contributed by atoms with E-state index in [9.17, 15) is 4.79 Å². The molecule has 2 fully saturated rings. The topological polar surface area (TPSA) is 38.8 Å². The minimum atomic E-state index is -0.0348. The molecule has 0 spiro atoms. The lowest BCUT2D eigenvalue weighted by Gasteiger charge is -2.40. The van der Waals surface area contributed by atoms with Gasteiger partial charge in [-0.25, -0.2) is 0 Å². The summed E-state index contributed by atoms with van der Waals surface area (Å²) in [6.45, 7) is 13.0. The monoisotopic (exact) mass is 273 g/mol. The van der Waals surface area contributed by atoms with Crippen molar-refractivity contribution in [3.63, 3.8) is 0 Å². The highest BCUT2D eigenvalue weighted by molar-refractivity contribution is 5.79. The van der Waals surface area contributed by atoms with E-state index in [0.29, 0.717) is 13.2 Å². The highest BCUT2D eigenvalue weighted by atomic mass is 16.5. The molecule has 0 saturated carbocycles. The molecule has 4 nitrogen and oxygen atoms in total. The van der Waals surface area contributed by atoms with Gasteiger partial charge in [-0.15, -0.1) is 0 Å². The Kier molecular flexibility index (Phi) is 9.02. The van der Waals surface area contributed by atoms with Crippen LogP contribution in [0.3, 0.4) is 0 Å². The lowest BCUT2D eigenvalue weighted by Crippen LogP contribution is -2.51. The predicted octanol–water partition coefficient (Wildman–Crippen LogP) is 2.71. The summed E-state index contributed by atoms with van der Waals surface area (Å²) in [4.78, 5) is 13.8. The number of carbonyl (C=O) groups excluding carboxylic acids is 1. The summed E-state index contributed by atoms with van der Waals surface area (Å²) in [5.74, 6) is 0.385. The number of likely N-dealkylation sites (tertiary alicyclic amines) is 1. The fraction of sp³-hybridized carbons (Fsp3) is 0.933. The van der Waals surface area contributed by atoms with Crippen LogP contribution in [0, 0.1) is 5.92 Å². The summed E-state index contributed by atoms with van der Waals surface area (Å²) in [6, 6.07) is 0. The van der Waals surface area contributed by atoms with E-state index in [-0.39, 0.29) is 17.4 Å². The van der Waals surface area contributed by atoms with Crippen molar-refractivity contribution in [2.75, 3.05) is 33.4 Å². The summed E-state index contributed by atoms with van der Waals surface area (Å²) >= 11 is 0. The molecule has 0 atom stereocenters. The molecule has 2 aliphatic rings. The van der Waals surface area contributed by atoms with Crippen molar-refractivity contribution in [1.82, 2.24) is 4.90 Å². The van der Waals surface area contributed by atoms with Crippen molar-refractivity contribution in [3.8, 4) is 0 Å². The van der Waals surface area contributed by atoms with Crippen LogP contribution in [0.5, 0.6) is 0 Å². The number of hydrogen-bond donors (Lipinski definition) is 0. The van der Waals surface area contributed by atoms with Gasteiger partial charge in [-0.05, 0) is 19.8 Å². The third kappa shape index (κ3) is 5.11. The molecule has 0 bridgehead atoms. The quantitative estimate of drug-likeness (QED) is 0.776. The van der Waals surface area contributed by atoms with E-state index < -0.39 is 0 Å². The van der Waals surface area contributed by atoms with Gasteiger partial charge in [0.2, 0.25) is 5.91 Å². The third-order valence-corrected chi connectivity index (χ3v) is 3.61. The van der Waals surface area contributed by atoms with Crippen LogP contribution in [-0.4, -0.2) is 49.8 Å². The molecular formula is C15H31NO3. The second-order valence-electron chi connectivity index (χ2n) is 4.71. The lowest BCUT2D eigenvalue weighted by molar-refractivity contribution is -0.154. The SMILES string of the molecule is CC.CC.COC1(C)CCN(C(=O)C2COC2)CC1. The molecule has 4 heteroatoms. The van der Waals surface area contributed by atoms with Crippen molar-refractivity contribution in [2.45, 2.75) is 53.1 Å². The Bertz CT molecular complexity index is 244. The van der Waals surface area contributed by atoms with Gasteiger partial charge in [-0.2, -0.15) is 0 Å². The number of piperidine rings is 1. The fourth-order valence-electron chi connectivity index (χ4n) is 2.04. The first kappa shape index (κ1) is 18.4. The fourth-order valence-corrected chi connectivity index (χ4v) is 2.04. The second kappa shape index (κ2) is 9.32. The van der Waals surface area contributed by atoms with E-state index in [1.54, 1.807) is 7.11 Å². The number of ether oxygens (including phenoxy) is 2. The van der Waals surface area contributed by atoms with E-state index in [1.807, 2.05) is 32.6 Å². The molecule has 0 unspecified atom stereocenters. The molecule has 19 heavy (non-hydrogen) atoms. The Hall–Kier alpha value is -0.610. The average molecular weight is 273 g/mol. The highest BCUT2D eigenvalue weighted by Gasteiger charge is 2.36. The molecule has 0 aromatic rings. The standard InChI is InChI=1S/C11H19NO3.2C2H6/c1-11(14-2)3-5-12(6-4-11)10(13)9-7-15-8-9;2*1-2/h9H,3-8H2,1-2H3;2*1-2H3. The first-order valence-electron chi connectivity index (χ1n) is 7.56. The highest BCUT2D eigenvalue weighted by Crippen LogP contribution is 2.26. The maximum absolute atomic E-state index is 11.9. The molecule has 2 rings (SSSR count). The average Bonchev–Trinajstić information content (AvgIpc) is 2.42. The molecule has 2 saturated heterocycles. The normalized spacial score (nSPS) is 21.3. The van der Waals surface area contributed by atoms with Crippen LogP contribution in [0.25, 0.3) is 0 Å². The maximum Gasteiger partial charge on any atom is 0.230 e. The molecule has 0 aromatic carbocycles. The minimum absolute atomic E-state index is 0.0348. The van der Waals surface area contributed by atoms with Gasteiger partial charge in [0.25, 0.3) is 0 Å². The van der Waals surface area contributed by atoms with E-state index in [2.05, 4.69) is 6.92 Å². The van der Waals surface area contributed by atoms with Crippen molar-refractivity contribution in [1.29, 1.82) is 0 Å². The van der Waals surface area contributed by atoms with Crippen LogP contribution in [0.4, 0.5) is 0 Å². The van der Waals surface area contributed by atoms with Crippen LogP contribution in [0.15, 0.2) is 0 Å². The molecular weight excluding hydrogens is 242 g/mol. The first-order valence-corrected chi connectivity index (χ1v) is 7.56. The zero-order valence-corrected chi connectivity index (χ0v) is 13.5. The Morgan fingerprint density at radius 1 is 1.16 bits per heavy atom. The minimum Gasteiger partial charge on any atom is -0.380 e. The molecule has 2 aliphatic heterocycles. The summed E-state index contributed by atoms with van der Waals surface area (Å²) in [5, 5.41) is 0. The van der Waals surface area contributed by atoms with E-state index in [1.165, 1.54) is 0 Å². The van der Waals surface area contributed by atoms with Gasteiger partial charge >= 0.3 is 0 Å². The van der Waals surface area contributed by atoms with Crippen LogP contribution >= 0.6 is 0 Å². The summed E-state index contributed by atoms with van der Waals surface area (Å²) in [6.07, 6.45) is 1.87. The predicted molar refractivity (Wildman–Crippen MR) is 78.2 cm³/mol. The van der Waals surface area contributed by atoms with Gasteiger partial charge < -0.3 is 14.4 Å². The number of methoxy groups -OCH3 is 1. The van der Waals surface area contributed by atoms with Gasteiger partial charge in [0.15, 0.2) is 0 Å². The molecule has 114 valence electrons. The summed E-state index contributed by atoms with van der Waals surface area (Å²) in [7, 11) is 1.75. The number of amides is 1. The Morgan fingerprint density at radius 3 is 1.95 bits per heavy atom. The lowest BCUT2D eigenvalue weighted by atomic mass is 9.92. The van der Waals surface area contributed by atoms with Crippen molar-refractivity contribution in [3.05, 3.63) is 0 Å². The summed E-state index contributed by atoms with van der Waals surface area (Å²) in [5.41, 5.74) is -0.0348. The second-order valence-corrected chi connectivity index (χ2v) is 4.71. The zero-order chi connectivity index (χ0) is 14.9. The first-order chi connectivity index (χ1) is 9.14. The van der Waals surface area contributed by atoms with Crippen LogP contribution in [0.2, 0.25) is 0 Å². The van der Waals surface area contributed by atoms with Gasteiger partial charge in [0, 0.05) is 20.2 Å². The van der Waals surface area contributed by atoms with E-state index in [4.69, 9.17) is 9.47 Å². The van der Waals surface area contributed by atoms with Crippen LogP contribution < -0.4 is 0 Å². The van der Waals surface area contributed by atoms with Crippen LogP contribution in [-0.2, 0) is 14.3 Å². The zero-order valence-electron chi connectivity index (χ0n) is 13.5. The molecule has 0 N–H and O–H groups in total. The third-order valence-electron chi connectivity index (χ3n) is 3.61. The van der Waals surface area contributed by atoms with E-state index >= 15 is 0 Å². The van der Waals surface area contributed by atoms with Crippen molar-refractivity contribution < 1.29 is 14.3 Å². The number of hydrogen-bond acceptors (Lipinski definition) is 3. The smallest absolute Gasteiger partial charge is 0.230 e. The Morgan fingerprint density at radius 2 is 1.63 bits per heavy atom. The largest absolute Gasteiger partial charge is 0.380 e. The van der Waals surface area contributed by atoms with Gasteiger partial charge in [0.1, 0.15) is 0 Å². The molecule has 0 aromatic heterocycles. The maximum atomic E-state index is 11.9. The van der Waals surface area contributed by atoms with Crippen molar-refractivity contribution >= 4 is 5.91 Å². The molecule has 0 aliphatic carbocycles.